The Labute approximate surface area is 112 Å². The van der Waals surface area contributed by atoms with E-state index in [1.165, 1.54) is 0 Å². The number of rotatable bonds is 2. The van der Waals surface area contributed by atoms with Crippen molar-refractivity contribution >= 4 is 27.3 Å². The Kier molecular flexibility index (Phi) is 2.53. The number of halogens is 1. The summed E-state index contributed by atoms with van der Waals surface area (Å²) < 4.78 is 1.04. The van der Waals surface area contributed by atoms with Crippen LogP contribution in [0.3, 0.4) is 0 Å². The topological polar surface area (TPSA) is 36.7 Å². The lowest BCUT2D eigenvalue weighted by molar-refractivity contribution is 0.891. The molecule has 17 heavy (non-hydrogen) atoms. The van der Waals surface area contributed by atoms with E-state index in [1.807, 2.05) is 29.6 Å². The van der Waals surface area contributed by atoms with Crippen molar-refractivity contribution in [2.45, 2.75) is 18.3 Å². The Bertz CT molecular complexity index is 608. The van der Waals surface area contributed by atoms with Gasteiger partial charge in [0, 0.05) is 15.4 Å². The van der Waals surface area contributed by atoms with Crippen molar-refractivity contribution < 1.29 is 0 Å². The van der Waals surface area contributed by atoms with Crippen molar-refractivity contribution in [2.24, 2.45) is 0 Å². The Morgan fingerprint density at radius 2 is 2.12 bits per heavy atom. The first-order chi connectivity index (χ1) is 8.25. The fourth-order valence-corrected chi connectivity index (χ4v) is 3.30. The zero-order chi connectivity index (χ0) is 11.9. The average Bonchev–Trinajstić information content (AvgIpc) is 3.00. The first-order valence-corrected chi connectivity index (χ1v) is 7.05. The van der Waals surface area contributed by atoms with E-state index in [4.69, 9.17) is 5.26 Å². The van der Waals surface area contributed by atoms with Gasteiger partial charge in [-0.05, 0) is 18.9 Å². The normalized spacial score (nSPS) is 16.5. The van der Waals surface area contributed by atoms with Gasteiger partial charge < -0.3 is 0 Å². The number of nitriles is 1. The molecule has 1 aromatic carbocycles. The highest BCUT2D eigenvalue weighted by molar-refractivity contribution is 9.10. The van der Waals surface area contributed by atoms with Gasteiger partial charge in [0.25, 0.3) is 0 Å². The quantitative estimate of drug-likeness (QED) is 0.836. The standard InChI is InChI=1S/C13H9BrN2S/c14-10-4-2-1-3-9(10)11-7-17-12(16-11)13(8-15)5-6-13/h1-4,7H,5-6H2. The largest absolute Gasteiger partial charge is 0.239 e. The van der Waals surface area contributed by atoms with Crippen LogP contribution in [0.15, 0.2) is 34.1 Å². The first-order valence-electron chi connectivity index (χ1n) is 5.37. The number of thiazole rings is 1. The van der Waals surface area contributed by atoms with Crippen LogP contribution < -0.4 is 0 Å². The molecular weight excluding hydrogens is 296 g/mol. The predicted molar refractivity (Wildman–Crippen MR) is 71.8 cm³/mol. The number of benzene rings is 1. The van der Waals surface area contributed by atoms with Crippen molar-refractivity contribution in [3.63, 3.8) is 0 Å². The lowest BCUT2D eigenvalue weighted by atomic mass is 10.1. The summed E-state index contributed by atoms with van der Waals surface area (Å²) in [5, 5.41) is 12.2. The summed E-state index contributed by atoms with van der Waals surface area (Å²) >= 11 is 5.12. The molecule has 1 saturated carbocycles. The minimum absolute atomic E-state index is 0.274. The third kappa shape index (κ3) is 1.80. The number of hydrogen-bond donors (Lipinski definition) is 0. The molecule has 1 aliphatic carbocycles. The minimum atomic E-state index is -0.274. The van der Waals surface area contributed by atoms with E-state index in [0.717, 1.165) is 33.6 Å². The van der Waals surface area contributed by atoms with Crippen LogP contribution in [0.25, 0.3) is 11.3 Å². The summed E-state index contributed by atoms with van der Waals surface area (Å²) in [6, 6.07) is 10.4. The van der Waals surface area contributed by atoms with Crippen molar-refractivity contribution in [1.82, 2.24) is 4.98 Å². The van der Waals surface area contributed by atoms with Crippen LogP contribution in [-0.2, 0) is 5.41 Å². The van der Waals surface area contributed by atoms with Crippen molar-refractivity contribution in [1.29, 1.82) is 5.26 Å². The fourth-order valence-electron chi connectivity index (χ4n) is 1.78. The van der Waals surface area contributed by atoms with Crippen molar-refractivity contribution in [2.75, 3.05) is 0 Å². The molecule has 2 nitrogen and oxygen atoms in total. The minimum Gasteiger partial charge on any atom is -0.239 e. The Balaban J connectivity index is 2.02. The van der Waals surface area contributed by atoms with Gasteiger partial charge in [-0.25, -0.2) is 4.98 Å². The monoisotopic (exact) mass is 304 g/mol. The highest BCUT2D eigenvalue weighted by atomic mass is 79.9. The fraction of sp³-hybridized carbons (Fsp3) is 0.231. The van der Waals surface area contributed by atoms with Gasteiger partial charge in [-0.15, -0.1) is 11.3 Å². The second-order valence-corrected chi connectivity index (χ2v) is 5.92. The zero-order valence-corrected chi connectivity index (χ0v) is 11.4. The van der Waals surface area contributed by atoms with Gasteiger partial charge in [0.2, 0.25) is 0 Å². The van der Waals surface area contributed by atoms with Gasteiger partial charge in [-0.3, -0.25) is 0 Å². The highest BCUT2D eigenvalue weighted by Crippen LogP contribution is 2.49. The van der Waals surface area contributed by atoms with Gasteiger partial charge in [-0.1, -0.05) is 34.1 Å². The summed E-state index contributed by atoms with van der Waals surface area (Å²) in [7, 11) is 0. The SMILES string of the molecule is N#CC1(c2nc(-c3ccccc3Br)cs2)CC1. The van der Waals surface area contributed by atoms with Gasteiger partial charge in [0.1, 0.15) is 10.4 Å². The molecule has 1 aliphatic rings. The van der Waals surface area contributed by atoms with E-state index in [2.05, 4.69) is 27.0 Å². The maximum absolute atomic E-state index is 9.15. The third-order valence-corrected chi connectivity index (χ3v) is 4.77. The second-order valence-electron chi connectivity index (χ2n) is 4.21. The second kappa shape index (κ2) is 3.94. The summed E-state index contributed by atoms with van der Waals surface area (Å²) in [6.07, 6.45) is 1.90. The van der Waals surface area contributed by atoms with Crippen molar-refractivity contribution in [3.05, 3.63) is 39.1 Å². The number of aromatic nitrogens is 1. The molecule has 0 bridgehead atoms. The molecule has 0 atom stereocenters. The molecule has 4 heteroatoms. The van der Waals surface area contributed by atoms with E-state index in [9.17, 15) is 0 Å². The lowest BCUT2D eigenvalue weighted by Gasteiger charge is -2.00. The molecule has 0 saturated heterocycles. The van der Waals surface area contributed by atoms with E-state index in [1.54, 1.807) is 11.3 Å². The molecule has 0 spiro atoms. The molecule has 1 aromatic heterocycles. The van der Waals surface area contributed by atoms with Gasteiger partial charge in [0.15, 0.2) is 0 Å². The zero-order valence-electron chi connectivity index (χ0n) is 8.98. The van der Waals surface area contributed by atoms with E-state index in [0.29, 0.717) is 0 Å². The van der Waals surface area contributed by atoms with Crippen LogP contribution in [0, 0.1) is 11.3 Å². The molecule has 0 aliphatic heterocycles. The Hall–Kier alpha value is -1.18. The lowest BCUT2D eigenvalue weighted by Crippen LogP contribution is -2.01. The summed E-state index contributed by atoms with van der Waals surface area (Å²) in [4.78, 5) is 4.61. The van der Waals surface area contributed by atoms with Crippen molar-refractivity contribution in [3.8, 4) is 17.3 Å². The van der Waals surface area contributed by atoms with Crippen LogP contribution in [0.2, 0.25) is 0 Å². The van der Waals surface area contributed by atoms with Crippen LogP contribution in [0.1, 0.15) is 17.8 Å². The van der Waals surface area contributed by atoms with Crippen LogP contribution in [-0.4, -0.2) is 4.98 Å². The number of hydrogen-bond acceptors (Lipinski definition) is 3. The summed E-state index contributed by atoms with van der Waals surface area (Å²) in [6.45, 7) is 0. The van der Waals surface area contributed by atoms with Crippen LogP contribution in [0.4, 0.5) is 0 Å². The molecule has 84 valence electrons. The molecule has 0 N–H and O–H groups in total. The Morgan fingerprint density at radius 3 is 2.76 bits per heavy atom. The predicted octanol–water partition coefficient (Wildman–Crippen LogP) is 4.13. The maximum atomic E-state index is 9.15. The van der Waals surface area contributed by atoms with Gasteiger partial charge >= 0.3 is 0 Å². The average molecular weight is 305 g/mol. The molecule has 2 aromatic rings. The molecule has 1 fully saturated rings. The Morgan fingerprint density at radius 1 is 1.35 bits per heavy atom. The smallest absolute Gasteiger partial charge is 0.114 e. The molecule has 1 heterocycles. The van der Waals surface area contributed by atoms with E-state index < -0.39 is 0 Å². The molecule has 3 rings (SSSR count). The highest BCUT2D eigenvalue weighted by Gasteiger charge is 2.47. The van der Waals surface area contributed by atoms with Gasteiger partial charge in [0.05, 0.1) is 11.8 Å². The first kappa shape index (κ1) is 10.9. The van der Waals surface area contributed by atoms with Gasteiger partial charge in [-0.2, -0.15) is 5.26 Å². The molecule has 0 amide bonds. The van der Waals surface area contributed by atoms with E-state index in [-0.39, 0.29) is 5.41 Å². The summed E-state index contributed by atoms with van der Waals surface area (Å²) in [5.41, 5.74) is 1.77. The molecule has 0 radical (unpaired) electrons. The third-order valence-electron chi connectivity index (χ3n) is 3.03. The maximum Gasteiger partial charge on any atom is 0.114 e. The summed E-state index contributed by atoms with van der Waals surface area (Å²) in [5.74, 6) is 0. The molecular formula is C13H9BrN2S. The van der Waals surface area contributed by atoms with E-state index >= 15 is 0 Å². The van der Waals surface area contributed by atoms with Crippen LogP contribution in [0.5, 0.6) is 0 Å². The number of nitrogens with zero attached hydrogens (tertiary/aromatic N) is 2. The van der Waals surface area contributed by atoms with Crippen LogP contribution >= 0.6 is 27.3 Å². The molecule has 0 unspecified atom stereocenters.